The van der Waals surface area contributed by atoms with Gasteiger partial charge in [0, 0.05) is 25.0 Å². The second kappa shape index (κ2) is 11.3. The lowest BCUT2D eigenvalue weighted by molar-refractivity contribution is -0.142. The summed E-state index contributed by atoms with van der Waals surface area (Å²) in [5, 5.41) is 3.21. The number of likely N-dealkylation sites (N-methyl/N-ethyl adjacent to an activating group) is 1. The Balaban J connectivity index is 1.85. The smallest absolute Gasteiger partial charge is 0.261 e. The van der Waals surface area contributed by atoms with E-state index in [0.717, 1.165) is 5.56 Å². The minimum absolute atomic E-state index is 0.133. The highest BCUT2D eigenvalue weighted by Gasteiger charge is 2.30. The quantitative estimate of drug-likeness (QED) is 0.526. The van der Waals surface area contributed by atoms with E-state index < -0.39 is 6.04 Å². The Morgan fingerprint density at radius 2 is 1.62 bits per heavy atom. The van der Waals surface area contributed by atoms with Gasteiger partial charge in [-0.2, -0.15) is 0 Å². The van der Waals surface area contributed by atoms with E-state index in [1.807, 2.05) is 30.3 Å². The molecule has 3 rings (SSSR count). The van der Waals surface area contributed by atoms with Crippen LogP contribution in [0.15, 0.2) is 78.9 Å². The first-order chi connectivity index (χ1) is 15.5. The summed E-state index contributed by atoms with van der Waals surface area (Å²) in [5.41, 5.74) is 1.62. The largest absolute Gasteiger partial charge is 0.484 e. The Bertz CT molecular complexity index is 1030. The summed E-state index contributed by atoms with van der Waals surface area (Å²) in [4.78, 5) is 27.5. The minimum atomic E-state index is -0.770. The van der Waals surface area contributed by atoms with Crippen molar-refractivity contribution in [2.24, 2.45) is 0 Å². The fourth-order valence-corrected chi connectivity index (χ4v) is 3.39. The standard InChI is InChI=1S/C25H24ClFN2O3/c1-28-25(31)23(15-18-5-3-2-4-6-18)29(16-19-7-11-21(27)12-8-19)24(30)17-32-22-13-9-20(26)10-14-22/h2-14,23H,15-17H2,1H3,(H,28,31). The Labute approximate surface area is 191 Å². The van der Waals surface area contributed by atoms with Crippen LogP contribution < -0.4 is 10.1 Å². The van der Waals surface area contributed by atoms with E-state index in [9.17, 15) is 14.0 Å². The van der Waals surface area contributed by atoms with Gasteiger partial charge in [-0.25, -0.2) is 4.39 Å². The Morgan fingerprint density at radius 1 is 0.969 bits per heavy atom. The van der Waals surface area contributed by atoms with Crippen molar-refractivity contribution in [2.45, 2.75) is 19.0 Å². The summed E-state index contributed by atoms with van der Waals surface area (Å²) < 4.78 is 19.0. The van der Waals surface area contributed by atoms with Crippen molar-refractivity contribution in [2.75, 3.05) is 13.7 Å². The molecule has 0 heterocycles. The Morgan fingerprint density at radius 3 is 2.25 bits per heavy atom. The van der Waals surface area contributed by atoms with Crippen LogP contribution in [0.3, 0.4) is 0 Å². The van der Waals surface area contributed by atoms with Crippen LogP contribution in [-0.2, 0) is 22.6 Å². The molecule has 0 saturated carbocycles. The third-order valence-electron chi connectivity index (χ3n) is 4.96. The lowest BCUT2D eigenvalue weighted by Gasteiger charge is -2.31. The van der Waals surface area contributed by atoms with Crippen LogP contribution in [0.1, 0.15) is 11.1 Å². The number of nitrogens with zero attached hydrogens (tertiary/aromatic N) is 1. The van der Waals surface area contributed by atoms with E-state index in [-0.39, 0.29) is 30.8 Å². The van der Waals surface area contributed by atoms with Crippen LogP contribution in [0.2, 0.25) is 5.02 Å². The molecule has 5 nitrogen and oxygen atoms in total. The molecule has 7 heteroatoms. The van der Waals surface area contributed by atoms with Gasteiger partial charge >= 0.3 is 0 Å². The Hall–Kier alpha value is -3.38. The average molecular weight is 455 g/mol. The number of nitrogens with one attached hydrogen (secondary N) is 1. The van der Waals surface area contributed by atoms with Crippen LogP contribution >= 0.6 is 11.6 Å². The normalized spacial score (nSPS) is 11.5. The van der Waals surface area contributed by atoms with Gasteiger partial charge in [0.25, 0.3) is 5.91 Å². The molecule has 0 aliphatic rings. The SMILES string of the molecule is CNC(=O)C(Cc1ccccc1)N(Cc1ccc(F)cc1)C(=O)COc1ccc(Cl)cc1. The topological polar surface area (TPSA) is 58.6 Å². The van der Waals surface area contributed by atoms with Gasteiger partial charge in [0.15, 0.2) is 6.61 Å². The number of hydrogen-bond donors (Lipinski definition) is 1. The number of halogens is 2. The highest BCUT2D eigenvalue weighted by Crippen LogP contribution is 2.18. The zero-order valence-electron chi connectivity index (χ0n) is 17.6. The van der Waals surface area contributed by atoms with Crippen LogP contribution in [0.5, 0.6) is 5.75 Å². The maximum Gasteiger partial charge on any atom is 0.261 e. The monoisotopic (exact) mass is 454 g/mol. The fourth-order valence-electron chi connectivity index (χ4n) is 3.27. The number of rotatable bonds is 9. The van der Waals surface area contributed by atoms with E-state index in [1.54, 1.807) is 36.4 Å². The number of benzene rings is 3. The second-order valence-electron chi connectivity index (χ2n) is 7.21. The van der Waals surface area contributed by atoms with Crippen molar-refractivity contribution in [1.29, 1.82) is 0 Å². The van der Waals surface area contributed by atoms with E-state index in [0.29, 0.717) is 22.8 Å². The minimum Gasteiger partial charge on any atom is -0.484 e. The molecule has 0 spiro atoms. The summed E-state index contributed by atoms with van der Waals surface area (Å²) >= 11 is 5.89. The summed E-state index contributed by atoms with van der Waals surface area (Å²) in [5.74, 6) is -0.543. The van der Waals surface area contributed by atoms with Crippen LogP contribution in [0.4, 0.5) is 4.39 Å². The first kappa shape index (κ1) is 23.3. The van der Waals surface area contributed by atoms with Crippen molar-refractivity contribution >= 4 is 23.4 Å². The number of amides is 2. The number of hydrogen-bond acceptors (Lipinski definition) is 3. The van der Waals surface area contributed by atoms with Crippen molar-refractivity contribution in [3.05, 3.63) is 101 Å². The molecule has 0 saturated heterocycles. The molecule has 3 aromatic carbocycles. The zero-order chi connectivity index (χ0) is 22.9. The summed E-state index contributed by atoms with van der Waals surface area (Å²) in [6, 6.07) is 21.2. The maximum absolute atomic E-state index is 13.4. The molecule has 2 amide bonds. The molecule has 0 aromatic heterocycles. The van der Waals surface area contributed by atoms with Crippen molar-refractivity contribution < 1.29 is 18.7 Å². The molecule has 32 heavy (non-hydrogen) atoms. The zero-order valence-corrected chi connectivity index (χ0v) is 18.4. The van der Waals surface area contributed by atoms with Crippen molar-refractivity contribution in [1.82, 2.24) is 10.2 Å². The predicted octanol–water partition coefficient (Wildman–Crippen LogP) is 4.24. The lowest BCUT2D eigenvalue weighted by Crippen LogP contribution is -2.51. The van der Waals surface area contributed by atoms with Crippen molar-refractivity contribution in [3.8, 4) is 5.75 Å². The van der Waals surface area contributed by atoms with Gasteiger partial charge in [0.2, 0.25) is 5.91 Å². The molecule has 1 unspecified atom stereocenters. The van der Waals surface area contributed by atoms with Gasteiger partial charge in [-0.15, -0.1) is 0 Å². The molecular formula is C25H24ClFN2O3. The molecular weight excluding hydrogens is 431 g/mol. The third-order valence-corrected chi connectivity index (χ3v) is 5.21. The lowest BCUT2D eigenvalue weighted by atomic mass is 10.0. The van der Waals surface area contributed by atoms with Crippen LogP contribution in [0.25, 0.3) is 0 Å². The molecule has 0 aliphatic carbocycles. The first-order valence-electron chi connectivity index (χ1n) is 10.1. The summed E-state index contributed by atoms with van der Waals surface area (Å²) in [6.07, 6.45) is 0.328. The van der Waals surface area contributed by atoms with E-state index in [2.05, 4.69) is 5.32 Å². The predicted molar refractivity (Wildman–Crippen MR) is 122 cm³/mol. The fraction of sp³-hybridized carbons (Fsp3) is 0.200. The van der Waals surface area contributed by atoms with E-state index >= 15 is 0 Å². The number of carbonyl (C=O) groups excluding carboxylic acids is 2. The molecule has 0 radical (unpaired) electrons. The van der Waals surface area contributed by atoms with Gasteiger partial charge < -0.3 is 15.0 Å². The third kappa shape index (κ3) is 6.56. The van der Waals surface area contributed by atoms with E-state index in [4.69, 9.17) is 16.3 Å². The molecule has 3 aromatic rings. The second-order valence-corrected chi connectivity index (χ2v) is 7.65. The maximum atomic E-state index is 13.4. The van der Waals surface area contributed by atoms with Gasteiger partial charge in [-0.1, -0.05) is 54.1 Å². The first-order valence-corrected chi connectivity index (χ1v) is 10.5. The number of carbonyl (C=O) groups is 2. The van der Waals surface area contributed by atoms with Gasteiger partial charge in [0.1, 0.15) is 17.6 Å². The summed E-state index contributed by atoms with van der Waals surface area (Å²) in [7, 11) is 1.53. The summed E-state index contributed by atoms with van der Waals surface area (Å²) in [6.45, 7) is -0.126. The molecule has 0 aliphatic heterocycles. The van der Waals surface area contributed by atoms with Gasteiger partial charge in [0.05, 0.1) is 0 Å². The molecule has 0 fully saturated rings. The van der Waals surface area contributed by atoms with Crippen LogP contribution in [-0.4, -0.2) is 36.4 Å². The molecule has 1 atom stereocenters. The van der Waals surface area contributed by atoms with Gasteiger partial charge in [-0.3, -0.25) is 9.59 Å². The highest BCUT2D eigenvalue weighted by molar-refractivity contribution is 6.30. The highest BCUT2D eigenvalue weighted by atomic mass is 35.5. The van der Waals surface area contributed by atoms with Crippen LogP contribution in [0, 0.1) is 5.82 Å². The molecule has 0 bridgehead atoms. The average Bonchev–Trinajstić information content (AvgIpc) is 2.82. The Kier molecular flexibility index (Phi) is 8.22. The van der Waals surface area contributed by atoms with Crippen molar-refractivity contribution in [3.63, 3.8) is 0 Å². The number of ether oxygens (including phenoxy) is 1. The van der Waals surface area contributed by atoms with Gasteiger partial charge in [-0.05, 0) is 47.5 Å². The molecule has 1 N–H and O–H groups in total. The van der Waals surface area contributed by atoms with E-state index in [1.165, 1.54) is 24.1 Å². The molecule has 166 valence electrons.